The number of hydrogen-bond acceptors (Lipinski definition) is 6. The van der Waals surface area contributed by atoms with Gasteiger partial charge in [0.1, 0.15) is 0 Å². The van der Waals surface area contributed by atoms with E-state index in [0.29, 0.717) is 5.13 Å². The van der Waals surface area contributed by atoms with Crippen LogP contribution in [0.1, 0.15) is 16.2 Å². The molecule has 0 aliphatic carbocycles. The van der Waals surface area contributed by atoms with E-state index in [9.17, 15) is 4.79 Å². The van der Waals surface area contributed by atoms with Gasteiger partial charge < -0.3 is 5.73 Å². The van der Waals surface area contributed by atoms with Gasteiger partial charge in [0, 0.05) is 0 Å². The number of thiazole rings is 1. The van der Waals surface area contributed by atoms with E-state index < -0.39 is 5.91 Å². The second-order valence-electron chi connectivity index (χ2n) is 3.99. The van der Waals surface area contributed by atoms with Crippen LogP contribution in [-0.2, 0) is 0 Å². The quantitative estimate of drug-likeness (QED) is 0.657. The van der Waals surface area contributed by atoms with Gasteiger partial charge in [-0.1, -0.05) is 17.4 Å². The fourth-order valence-corrected chi connectivity index (χ4v) is 2.58. The van der Waals surface area contributed by atoms with Crippen LogP contribution in [0.25, 0.3) is 10.2 Å². The van der Waals surface area contributed by atoms with Crippen molar-refractivity contribution in [2.24, 2.45) is 0 Å². The van der Waals surface area contributed by atoms with Crippen molar-refractivity contribution >= 4 is 38.5 Å². The molecule has 0 spiro atoms. The van der Waals surface area contributed by atoms with Crippen molar-refractivity contribution in [3.05, 3.63) is 29.6 Å². The van der Waals surface area contributed by atoms with Crippen LogP contribution in [0, 0.1) is 6.92 Å². The Bertz CT molecular complexity index is 761. The second kappa shape index (κ2) is 4.32. The first-order valence-electron chi connectivity index (χ1n) is 5.48. The normalized spacial score (nSPS) is 10.8. The van der Waals surface area contributed by atoms with Gasteiger partial charge in [-0.15, -0.1) is 5.10 Å². The number of aromatic amines is 1. The fraction of sp³-hybridized carbons (Fsp3) is 0.0909. The van der Waals surface area contributed by atoms with Crippen molar-refractivity contribution in [1.29, 1.82) is 0 Å². The smallest absolute Gasteiger partial charge is 0.294 e. The molecule has 0 saturated heterocycles. The number of nitrogen functional groups attached to an aromatic ring is 1. The van der Waals surface area contributed by atoms with E-state index in [1.165, 1.54) is 11.3 Å². The molecule has 0 fully saturated rings. The molecule has 2 aromatic heterocycles. The number of carbonyl (C=O) groups excluding carboxylic acids is 1. The van der Waals surface area contributed by atoms with Gasteiger partial charge in [-0.3, -0.25) is 15.2 Å². The van der Waals surface area contributed by atoms with Crippen LogP contribution in [0.3, 0.4) is 0 Å². The highest BCUT2D eigenvalue weighted by atomic mass is 32.1. The molecule has 4 N–H and O–H groups in total. The maximum Gasteiger partial charge on any atom is 0.294 e. The summed E-state index contributed by atoms with van der Waals surface area (Å²) in [6, 6.07) is 5.92. The third kappa shape index (κ3) is 2.25. The van der Waals surface area contributed by atoms with E-state index >= 15 is 0 Å². The van der Waals surface area contributed by atoms with E-state index in [-0.39, 0.29) is 11.8 Å². The summed E-state index contributed by atoms with van der Waals surface area (Å²) in [6.45, 7) is 2.01. The predicted molar refractivity (Wildman–Crippen MR) is 73.1 cm³/mol. The third-order valence-electron chi connectivity index (χ3n) is 2.48. The molecule has 0 aliphatic rings. The average molecular weight is 274 g/mol. The number of H-pyrrole nitrogens is 1. The number of hydrogen-bond donors (Lipinski definition) is 3. The van der Waals surface area contributed by atoms with Crippen molar-refractivity contribution in [2.75, 3.05) is 11.1 Å². The largest absolute Gasteiger partial charge is 0.366 e. The first kappa shape index (κ1) is 11.6. The second-order valence-corrected chi connectivity index (χ2v) is 5.02. The van der Waals surface area contributed by atoms with E-state index in [1.807, 2.05) is 25.1 Å². The van der Waals surface area contributed by atoms with E-state index in [1.54, 1.807) is 0 Å². The Morgan fingerprint density at radius 2 is 2.26 bits per heavy atom. The molecule has 7 nitrogen and oxygen atoms in total. The monoisotopic (exact) mass is 274 g/mol. The van der Waals surface area contributed by atoms with E-state index in [0.717, 1.165) is 15.8 Å². The Labute approximate surface area is 111 Å². The van der Waals surface area contributed by atoms with Crippen LogP contribution in [0.4, 0.5) is 11.1 Å². The Kier molecular flexibility index (Phi) is 2.64. The van der Waals surface area contributed by atoms with Gasteiger partial charge >= 0.3 is 0 Å². The number of fused-ring (bicyclic) bond motifs is 1. The molecule has 0 saturated carbocycles. The summed E-state index contributed by atoms with van der Waals surface area (Å²) in [6.07, 6.45) is 0. The molecule has 0 unspecified atom stereocenters. The number of nitrogens with one attached hydrogen (secondary N) is 2. The Morgan fingerprint density at radius 1 is 1.42 bits per heavy atom. The number of anilines is 2. The lowest BCUT2D eigenvalue weighted by molar-refractivity contribution is 0.101. The molecule has 3 aromatic rings. The molecule has 19 heavy (non-hydrogen) atoms. The first-order valence-corrected chi connectivity index (χ1v) is 6.30. The van der Waals surface area contributed by atoms with E-state index in [4.69, 9.17) is 5.73 Å². The van der Waals surface area contributed by atoms with Gasteiger partial charge in [0.25, 0.3) is 5.91 Å². The predicted octanol–water partition coefficient (Wildman–Crippen LogP) is 1.56. The molecule has 1 amide bonds. The number of benzene rings is 1. The van der Waals surface area contributed by atoms with Crippen LogP contribution in [0.15, 0.2) is 18.2 Å². The molecule has 0 aliphatic heterocycles. The molecule has 0 atom stereocenters. The molecule has 0 radical (unpaired) electrons. The lowest BCUT2D eigenvalue weighted by atomic mass is 10.2. The number of nitrogens with two attached hydrogens (primary N) is 1. The molecular formula is C11H10N6OS. The minimum Gasteiger partial charge on any atom is -0.366 e. The maximum atomic E-state index is 11.8. The minimum atomic E-state index is -0.417. The number of aryl methyl sites for hydroxylation is 1. The summed E-state index contributed by atoms with van der Waals surface area (Å²) in [7, 11) is 0. The van der Waals surface area contributed by atoms with Crippen molar-refractivity contribution < 1.29 is 4.79 Å². The summed E-state index contributed by atoms with van der Waals surface area (Å²) in [4.78, 5) is 19.9. The molecule has 1 aromatic carbocycles. The van der Waals surface area contributed by atoms with Crippen LogP contribution in [0.5, 0.6) is 0 Å². The van der Waals surface area contributed by atoms with Crippen LogP contribution in [-0.4, -0.2) is 26.1 Å². The van der Waals surface area contributed by atoms with Crippen molar-refractivity contribution in [2.45, 2.75) is 6.92 Å². The number of carbonyl (C=O) groups is 1. The highest BCUT2D eigenvalue weighted by Crippen LogP contribution is 2.26. The van der Waals surface area contributed by atoms with Crippen molar-refractivity contribution in [3.63, 3.8) is 0 Å². The van der Waals surface area contributed by atoms with Gasteiger partial charge in [0.15, 0.2) is 5.13 Å². The summed E-state index contributed by atoms with van der Waals surface area (Å²) in [5.41, 5.74) is 7.34. The van der Waals surface area contributed by atoms with Crippen molar-refractivity contribution in [3.8, 4) is 0 Å². The maximum absolute atomic E-state index is 11.8. The van der Waals surface area contributed by atoms with Crippen LogP contribution >= 0.6 is 11.3 Å². The van der Waals surface area contributed by atoms with Gasteiger partial charge in [-0.25, -0.2) is 4.98 Å². The van der Waals surface area contributed by atoms with E-state index in [2.05, 4.69) is 25.5 Å². The third-order valence-corrected chi connectivity index (χ3v) is 3.42. The average Bonchev–Trinajstić information content (AvgIpc) is 2.94. The Balaban J connectivity index is 1.87. The fourth-order valence-electron chi connectivity index (χ4n) is 1.62. The molecular weight excluding hydrogens is 264 g/mol. The lowest BCUT2D eigenvalue weighted by Crippen LogP contribution is -2.13. The molecule has 8 heteroatoms. The van der Waals surface area contributed by atoms with Gasteiger partial charge in [0.05, 0.1) is 10.2 Å². The summed E-state index contributed by atoms with van der Waals surface area (Å²) in [5, 5.41) is 9.22. The molecule has 96 valence electrons. The molecule has 0 bridgehead atoms. The minimum absolute atomic E-state index is 0.0325. The van der Waals surface area contributed by atoms with Crippen LogP contribution in [0.2, 0.25) is 0 Å². The SMILES string of the molecule is Cc1ccc2nc(NC(=O)c3nc(N)n[nH]3)sc2c1. The Morgan fingerprint density at radius 3 is 3.00 bits per heavy atom. The zero-order valence-electron chi connectivity index (χ0n) is 9.97. The number of amides is 1. The standard InChI is InChI=1S/C11H10N6OS/c1-5-2-3-6-7(4-5)19-11(13-6)15-9(18)8-14-10(12)17-16-8/h2-4H,1H3,(H,13,15,18)(H3,12,14,16,17). The zero-order chi connectivity index (χ0) is 13.4. The van der Waals surface area contributed by atoms with Gasteiger partial charge in [-0.05, 0) is 24.6 Å². The molecule has 3 rings (SSSR count). The summed E-state index contributed by atoms with van der Waals surface area (Å²) < 4.78 is 1.02. The highest BCUT2D eigenvalue weighted by Gasteiger charge is 2.13. The van der Waals surface area contributed by atoms with Crippen LogP contribution < -0.4 is 11.1 Å². The summed E-state index contributed by atoms with van der Waals surface area (Å²) in [5.74, 6) is -0.321. The number of nitrogens with zero attached hydrogens (tertiary/aromatic N) is 3. The first-order chi connectivity index (χ1) is 9.11. The number of aromatic nitrogens is 4. The zero-order valence-corrected chi connectivity index (χ0v) is 10.8. The molecule has 2 heterocycles. The van der Waals surface area contributed by atoms with Crippen molar-refractivity contribution in [1.82, 2.24) is 20.2 Å². The summed E-state index contributed by atoms with van der Waals surface area (Å²) >= 11 is 1.40. The highest BCUT2D eigenvalue weighted by molar-refractivity contribution is 7.22. The number of rotatable bonds is 2. The van der Waals surface area contributed by atoms with Gasteiger partial charge in [0.2, 0.25) is 11.8 Å². The van der Waals surface area contributed by atoms with Gasteiger partial charge in [-0.2, -0.15) is 4.98 Å². The lowest BCUT2D eigenvalue weighted by Gasteiger charge is -1.95. The Hall–Kier alpha value is -2.48. The topological polar surface area (TPSA) is 110 Å².